The minimum Gasteiger partial charge on any atom is -0.466 e. The highest BCUT2D eigenvalue weighted by atomic mass is 31.2. The predicted octanol–water partition coefficient (Wildman–Crippen LogP) is -1.12. The van der Waals surface area contributed by atoms with Gasteiger partial charge in [-0.2, -0.15) is 0 Å². The molecule has 0 aliphatic heterocycles. The van der Waals surface area contributed by atoms with Crippen LogP contribution < -0.4 is 0 Å². The van der Waals surface area contributed by atoms with E-state index in [9.17, 15) is 4.79 Å². The molecular formula is C5H14O10P2. The maximum atomic E-state index is 10.2. The molecule has 0 aromatic rings. The lowest BCUT2D eigenvalue weighted by Gasteiger charge is -1.91. The van der Waals surface area contributed by atoms with Gasteiger partial charge in [0.25, 0.3) is 0 Å². The number of phosphoric acid groups is 2. The predicted molar refractivity (Wildman–Crippen MR) is 55.4 cm³/mol. The molecule has 0 aliphatic carbocycles. The molecule has 0 fully saturated rings. The molecule has 0 saturated heterocycles. The summed E-state index contributed by atoms with van der Waals surface area (Å²) < 4.78 is 22.0. The number of rotatable bonds is 1. The monoisotopic (exact) mass is 296 g/mol. The molecule has 104 valence electrons. The Balaban J connectivity index is -0.000000177. The summed E-state index contributed by atoms with van der Waals surface area (Å²) in [6.45, 7) is 4.95. The summed E-state index contributed by atoms with van der Waals surface area (Å²) in [4.78, 5) is 53.3. The minimum atomic E-state index is -4.64. The Labute approximate surface area is 96.7 Å². The van der Waals surface area contributed by atoms with Gasteiger partial charge in [-0.15, -0.1) is 0 Å². The highest BCUT2D eigenvalue weighted by Crippen LogP contribution is 2.26. The van der Waals surface area contributed by atoms with Gasteiger partial charge in [0.1, 0.15) is 0 Å². The molecule has 0 bridgehead atoms. The second-order valence-corrected chi connectivity index (χ2v) is 4.35. The lowest BCUT2D eigenvalue weighted by molar-refractivity contribution is -0.136. The number of carbonyl (C=O) groups excluding carboxylic acids is 1. The Hall–Kier alpha value is -0.570. The third-order valence-corrected chi connectivity index (χ3v) is 0.534. The third kappa shape index (κ3) is 94.4. The fraction of sp³-hybridized carbons (Fsp3) is 0.400. The SMILES string of the molecule is C=C(C)C(=O)OC.O=P(O)(O)O.O=P(O)(O)O. The van der Waals surface area contributed by atoms with Gasteiger partial charge in [-0.25, -0.2) is 13.9 Å². The van der Waals surface area contributed by atoms with Crippen LogP contribution in [0.5, 0.6) is 0 Å². The topological polar surface area (TPSA) is 182 Å². The molecule has 0 atom stereocenters. The molecular weight excluding hydrogens is 282 g/mol. The smallest absolute Gasteiger partial charge is 0.466 e. The molecule has 0 aromatic carbocycles. The molecule has 0 spiro atoms. The molecule has 10 nitrogen and oxygen atoms in total. The summed E-state index contributed by atoms with van der Waals surface area (Å²) in [6.07, 6.45) is 0. The van der Waals surface area contributed by atoms with Crippen molar-refractivity contribution in [2.45, 2.75) is 6.92 Å². The van der Waals surface area contributed by atoms with E-state index in [-0.39, 0.29) is 5.97 Å². The largest absolute Gasteiger partial charge is 0.466 e. The summed E-state index contributed by atoms with van der Waals surface area (Å²) in [7, 11) is -7.95. The maximum absolute atomic E-state index is 10.2. The standard InChI is InChI=1S/C5H8O2.2H3O4P/c1-4(2)5(6)7-3;2*1-5(2,3)4/h1H2,2-3H3;2*(H3,1,2,3,4). The van der Waals surface area contributed by atoms with Crippen LogP contribution in [-0.4, -0.2) is 42.4 Å². The summed E-state index contributed by atoms with van der Waals surface area (Å²) in [6, 6.07) is 0. The highest BCUT2D eigenvalue weighted by molar-refractivity contribution is 7.45. The normalized spacial score (nSPS) is 10.1. The minimum absolute atomic E-state index is 0.347. The number of methoxy groups -OCH3 is 1. The molecule has 0 amide bonds. The molecule has 0 unspecified atom stereocenters. The summed E-state index contributed by atoms with van der Waals surface area (Å²) in [5.74, 6) is -0.347. The van der Waals surface area contributed by atoms with Crippen LogP contribution in [0.2, 0.25) is 0 Å². The van der Waals surface area contributed by atoms with Crippen LogP contribution >= 0.6 is 15.6 Å². The second kappa shape index (κ2) is 9.46. The van der Waals surface area contributed by atoms with E-state index in [0.29, 0.717) is 5.57 Å². The van der Waals surface area contributed by atoms with Crippen molar-refractivity contribution in [3.63, 3.8) is 0 Å². The molecule has 12 heteroatoms. The first-order chi connectivity index (χ1) is 7.18. The number of ether oxygens (including phenoxy) is 1. The molecule has 17 heavy (non-hydrogen) atoms. The first-order valence-corrected chi connectivity index (χ1v) is 6.62. The third-order valence-electron chi connectivity index (χ3n) is 0.534. The number of hydrogen-bond acceptors (Lipinski definition) is 4. The van der Waals surface area contributed by atoms with Gasteiger partial charge in [0, 0.05) is 5.57 Å². The maximum Gasteiger partial charge on any atom is 0.466 e. The second-order valence-electron chi connectivity index (χ2n) is 2.30. The zero-order valence-electron chi connectivity index (χ0n) is 8.92. The molecule has 0 aliphatic rings. The van der Waals surface area contributed by atoms with Crippen LogP contribution in [0.25, 0.3) is 0 Å². The van der Waals surface area contributed by atoms with Gasteiger partial charge in [-0.05, 0) is 6.92 Å². The zero-order valence-corrected chi connectivity index (χ0v) is 10.7. The fourth-order valence-electron chi connectivity index (χ4n) is 0.174. The van der Waals surface area contributed by atoms with Gasteiger partial charge >= 0.3 is 21.6 Å². The van der Waals surface area contributed by atoms with Crippen molar-refractivity contribution in [2.24, 2.45) is 0 Å². The summed E-state index contributed by atoms with van der Waals surface area (Å²) in [5, 5.41) is 0. The Morgan fingerprint density at radius 3 is 1.18 bits per heavy atom. The van der Waals surface area contributed by atoms with Crippen LogP contribution in [-0.2, 0) is 18.7 Å². The van der Waals surface area contributed by atoms with E-state index in [1.807, 2.05) is 0 Å². The Morgan fingerprint density at radius 2 is 1.18 bits per heavy atom. The number of esters is 1. The number of hydrogen-bond donors (Lipinski definition) is 6. The van der Waals surface area contributed by atoms with Crippen molar-refractivity contribution in [1.29, 1.82) is 0 Å². The quantitative estimate of drug-likeness (QED) is 0.197. The van der Waals surface area contributed by atoms with Gasteiger partial charge < -0.3 is 34.1 Å². The van der Waals surface area contributed by atoms with Gasteiger partial charge in [0.05, 0.1) is 7.11 Å². The van der Waals surface area contributed by atoms with E-state index in [2.05, 4.69) is 11.3 Å². The van der Waals surface area contributed by atoms with Crippen molar-refractivity contribution < 1.29 is 48.0 Å². The van der Waals surface area contributed by atoms with E-state index >= 15 is 0 Å². The molecule has 0 saturated carbocycles. The van der Waals surface area contributed by atoms with E-state index in [0.717, 1.165) is 0 Å². The lowest BCUT2D eigenvalue weighted by Crippen LogP contribution is -1.98. The van der Waals surface area contributed by atoms with Crippen molar-refractivity contribution in [3.05, 3.63) is 12.2 Å². The lowest BCUT2D eigenvalue weighted by atomic mass is 10.4. The van der Waals surface area contributed by atoms with Gasteiger partial charge in [-0.3, -0.25) is 0 Å². The average molecular weight is 296 g/mol. The van der Waals surface area contributed by atoms with Crippen LogP contribution in [0.15, 0.2) is 12.2 Å². The van der Waals surface area contributed by atoms with E-state index in [1.165, 1.54) is 7.11 Å². The molecule has 0 radical (unpaired) electrons. The molecule has 0 heterocycles. The van der Waals surface area contributed by atoms with Crippen LogP contribution in [0.1, 0.15) is 6.92 Å². The van der Waals surface area contributed by atoms with Crippen molar-refractivity contribution in [3.8, 4) is 0 Å². The Bertz CT molecular complexity index is 287. The van der Waals surface area contributed by atoms with Gasteiger partial charge in [0.15, 0.2) is 0 Å². The van der Waals surface area contributed by atoms with Crippen molar-refractivity contribution >= 4 is 21.6 Å². The summed E-state index contributed by atoms with van der Waals surface area (Å²) in [5.41, 5.74) is 0.433. The average Bonchev–Trinajstić information content (AvgIpc) is 1.96. The zero-order chi connectivity index (χ0) is 14.9. The molecule has 0 aromatic heterocycles. The van der Waals surface area contributed by atoms with Crippen molar-refractivity contribution in [2.75, 3.05) is 7.11 Å². The Morgan fingerprint density at radius 1 is 1.00 bits per heavy atom. The van der Waals surface area contributed by atoms with Crippen LogP contribution in [0.3, 0.4) is 0 Å². The first-order valence-electron chi connectivity index (χ1n) is 3.49. The van der Waals surface area contributed by atoms with Crippen LogP contribution in [0.4, 0.5) is 0 Å². The molecule has 0 rings (SSSR count). The Kier molecular flexibility index (Phi) is 12.1. The van der Waals surface area contributed by atoms with Gasteiger partial charge in [0.2, 0.25) is 0 Å². The summed E-state index contributed by atoms with van der Waals surface area (Å²) >= 11 is 0. The first kappa shape index (κ1) is 21.7. The van der Waals surface area contributed by atoms with E-state index in [1.54, 1.807) is 6.92 Å². The van der Waals surface area contributed by atoms with Crippen LogP contribution in [0, 0.1) is 0 Å². The highest BCUT2D eigenvalue weighted by Gasteiger charge is 2.00. The van der Waals surface area contributed by atoms with Gasteiger partial charge in [-0.1, -0.05) is 6.58 Å². The van der Waals surface area contributed by atoms with E-state index in [4.69, 9.17) is 38.5 Å². The fourth-order valence-corrected chi connectivity index (χ4v) is 0.174. The molecule has 6 N–H and O–H groups in total. The van der Waals surface area contributed by atoms with Crippen molar-refractivity contribution in [1.82, 2.24) is 0 Å². The number of carbonyl (C=O) groups is 1. The van der Waals surface area contributed by atoms with E-state index < -0.39 is 15.6 Å².